The van der Waals surface area contributed by atoms with E-state index in [1.54, 1.807) is 38.1 Å². The smallest absolute Gasteiger partial charge is 0.276 e. The van der Waals surface area contributed by atoms with Crippen LogP contribution in [0.5, 0.6) is 5.75 Å². The molecular weight excluding hydrogens is 391 g/mol. The molecule has 2 aromatic rings. The molecule has 9 heteroatoms. The number of rotatable bonds is 7. The number of ether oxygens (including phenoxy) is 1. The van der Waals surface area contributed by atoms with Crippen molar-refractivity contribution in [2.75, 3.05) is 6.61 Å². The molecule has 0 aliphatic carbocycles. The van der Waals surface area contributed by atoms with Crippen molar-refractivity contribution in [2.24, 2.45) is 5.92 Å². The number of carbonyl (C=O) groups is 3. The maximum absolute atomic E-state index is 13.0. The standard InChI is InChI=1S/C21H21FN4O4/c1-13(2)19(24-20(28)15-5-7-16(22)8-6-15)21(29)26-25-18(27)12-30-17-9-3-14(11-23)4-10-17/h3-10,13,19H,12H2,1-2H3,(H,24,28)(H,25,27)(H,26,29)/t19-/m0/s1. The highest BCUT2D eigenvalue weighted by Gasteiger charge is 2.25. The average molecular weight is 412 g/mol. The Kier molecular flexibility index (Phi) is 7.88. The van der Waals surface area contributed by atoms with E-state index in [4.69, 9.17) is 10.00 Å². The van der Waals surface area contributed by atoms with Gasteiger partial charge in [-0.25, -0.2) is 4.39 Å². The van der Waals surface area contributed by atoms with Crippen molar-refractivity contribution in [1.29, 1.82) is 5.26 Å². The van der Waals surface area contributed by atoms with Gasteiger partial charge in [0.15, 0.2) is 6.61 Å². The van der Waals surface area contributed by atoms with Crippen molar-refractivity contribution < 1.29 is 23.5 Å². The summed E-state index contributed by atoms with van der Waals surface area (Å²) in [6.45, 7) is 3.09. The molecule has 30 heavy (non-hydrogen) atoms. The molecule has 0 aromatic heterocycles. The molecule has 0 heterocycles. The van der Waals surface area contributed by atoms with Gasteiger partial charge in [-0.15, -0.1) is 0 Å². The average Bonchev–Trinajstić information content (AvgIpc) is 2.74. The minimum absolute atomic E-state index is 0.203. The van der Waals surface area contributed by atoms with Crippen LogP contribution in [0.2, 0.25) is 0 Å². The molecule has 156 valence electrons. The predicted octanol–water partition coefficient (Wildman–Crippen LogP) is 1.68. The van der Waals surface area contributed by atoms with Crippen molar-refractivity contribution >= 4 is 17.7 Å². The van der Waals surface area contributed by atoms with Gasteiger partial charge in [-0.05, 0) is 54.4 Å². The van der Waals surface area contributed by atoms with Gasteiger partial charge in [-0.3, -0.25) is 25.2 Å². The molecule has 0 aliphatic heterocycles. The first-order valence-corrected chi connectivity index (χ1v) is 9.08. The third-order valence-electron chi connectivity index (χ3n) is 4.02. The zero-order chi connectivity index (χ0) is 22.1. The first kappa shape index (κ1) is 22.4. The highest BCUT2D eigenvalue weighted by molar-refractivity contribution is 5.97. The molecule has 0 saturated heterocycles. The lowest BCUT2D eigenvalue weighted by Gasteiger charge is -2.22. The van der Waals surface area contributed by atoms with E-state index in [2.05, 4.69) is 16.2 Å². The number of hydrazine groups is 1. The Morgan fingerprint density at radius 2 is 1.67 bits per heavy atom. The van der Waals surface area contributed by atoms with Crippen LogP contribution in [0.25, 0.3) is 0 Å². The first-order valence-electron chi connectivity index (χ1n) is 9.08. The molecule has 2 aromatic carbocycles. The van der Waals surface area contributed by atoms with Gasteiger partial charge in [0.2, 0.25) is 0 Å². The molecular formula is C21H21FN4O4. The number of hydrogen-bond donors (Lipinski definition) is 3. The Morgan fingerprint density at radius 1 is 1.03 bits per heavy atom. The van der Waals surface area contributed by atoms with Gasteiger partial charge in [0.25, 0.3) is 17.7 Å². The molecule has 0 unspecified atom stereocenters. The zero-order valence-corrected chi connectivity index (χ0v) is 16.4. The van der Waals surface area contributed by atoms with E-state index in [-0.39, 0.29) is 18.1 Å². The minimum Gasteiger partial charge on any atom is -0.484 e. The van der Waals surface area contributed by atoms with Crippen molar-refractivity contribution in [1.82, 2.24) is 16.2 Å². The summed E-state index contributed by atoms with van der Waals surface area (Å²) in [7, 11) is 0. The highest BCUT2D eigenvalue weighted by atomic mass is 19.1. The van der Waals surface area contributed by atoms with Gasteiger partial charge < -0.3 is 10.1 Å². The molecule has 0 bridgehead atoms. The summed E-state index contributed by atoms with van der Waals surface area (Å²) in [6, 6.07) is 12.1. The number of nitrogens with zero attached hydrogens (tertiary/aromatic N) is 1. The summed E-state index contributed by atoms with van der Waals surface area (Å²) < 4.78 is 18.3. The van der Waals surface area contributed by atoms with Crippen molar-refractivity contribution in [2.45, 2.75) is 19.9 Å². The summed E-state index contributed by atoms with van der Waals surface area (Å²) in [4.78, 5) is 36.5. The van der Waals surface area contributed by atoms with Crippen LogP contribution in [0.1, 0.15) is 29.8 Å². The molecule has 0 radical (unpaired) electrons. The van der Waals surface area contributed by atoms with Crippen LogP contribution in [0.4, 0.5) is 4.39 Å². The van der Waals surface area contributed by atoms with Gasteiger partial charge >= 0.3 is 0 Å². The predicted molar refractivity (Wildman–Crippen MR) is 105 cm³/mol. The minimum atomic E-state index is -0.928. The summed E-state index contributed by atoms with van der Waals surface area (Å²) in [5.74, 6) is -2.13. The largest absolute Gasteiger partial charge is 0.484 e. The molecule has 0 fully saturated rings. The normalized spacial score (nSPS) is 11.2. The maximum atomic E-state index is 13.0. The van der Waals surface area contributed by atoms with E-state index in [0.29, 0.717) is 11.3 Å². The quantitative estimate of drug-likeness (QED) is 0.598. The van der Waals surface area contributed by atoms with E-state index in [1.807, 2.05) is 6.07 Å². The molecule has 0 spiro atoms. The lowest BCUT2D eigenvalue weighted by atomic mass is 10.0. The fourth-order valence-electron chi connectivity index (χ4n) is 2.38. The van der Waals surface area contributed by atoms with Gasteiger partial charge in [-0.1, -0.05) is 13.8 Å². The van der Waals surface area contributed by atoms with Crippen LogP contribution >= 0.6 is 0 Å². The van der Waals surface area contributed by atoms with E-state index < -0.39 is 29.6 Å². The van der Waals surface area contributed by atoms with Gasteiger partial charge in [-0.2, -0.15) is 5.26 Å². The van der Waals surface area contributed by atoms with Crippen molar-refractivity contribution in [3.63, 3.8) is 0 Å². The van der Waals surface area contributed by atoms with Crippen molar-refractivity contribution in [3.05, 3.63) is 65.5 Å². The maximum Gasteiger partial charge on any atom is 0.276 e. The van der Waals surface area contributed by atoms with Gasteiger partial charge in [0.1, 0.15) is 17.6 Å². The second-order valence-corrected chi connectivity index (χ2v) is 6.66. The van der Waals surface area contributed by atoms with E-state index in [9.17, 15) is 18.8 Å². The number of nitrogens with one attached hydrogen (secondary N) is 3. The summed E-state index contributed by atoms with van der Waals surface area (Å²) >= 11 is 0. The number of halogens is 1. The third-order valence-corrected chi connectivity index (χ3v) is 4.02. The Labute approximate surface area is 173 Å². The Hall–Kier alpha value is -3.93. The summed E-state index contributed by atoms with van der Waals surface area (Å²) in [5, 5.41) is 11.3. The van der Waals surface area contributed by atoms with Crippen LogP contribution in [0, 0.1) is 23.1 Å². The lowest BCUT2D eigenvalue weighted by molar-refractivity contribution is -0.131. The van der Waals surface area contributed by atoms with E-state index in [0.717, 1.165) is 12.1 Å². The number of nitriles is 1. The SMILES string of the molecule is CC(C)[C@H](NC(=O)c1ccc(F)cc1)C(=O)NNC(=O)COc1ccc(C#N)cc1. The molecule has 3 N–H and O–H groups in total. The van der Waals surface area contributed by atoms with Crippen LogP contribution in [0.15, 0.2) is 48.5 Å². The van der Waals surface area contributed by atoms with Crippen LogP contribution in [-0.2, 0) is 9.59 Å². The van der Waals surface area contributed by atoms with Gasteiger partial charge in [0, 0.05) is 5.56 Å². The van der Waals surface area contributed by atoms with Crippen molar-refractivity contribution in [3.8, 4) is 11.8 Å². The zero-order valence-electron chi connectivity index (χ0n) is 16.4. The van der Waals surface area contributed by atoms with E-state index in [1.165, 1.54) is 12.1 Å². The number of amides is 3. The first-order chi connectivity index (χ1) is 14.3. The summed E-state index contributed by atoms with van der Waals surface area (Å²) in [6.07, 6.45) is 0. The topological polar surface area (TPSA) is 120 Å². The highest BCUT2D eigenvalue weighted by Crippen LogP contribution is 2.11. The molecule has 1 atom stereocenters. The fraction of sp³-hybridized carbons (Fsp3) is 0.238. The fourth-order valence-corrected chi connectivity index (χ4v) is 2.38. The second-order valence-electron chi connectivity index (χ2n) is 6.66. The van der Waals surface area contributed by atoms with Gasteiger partial charge in [0.05, 0.1) is 11.6 Å². The Balaban J connectivity index is 1.85. The number of hydrogen-bond acceptors (Lipinski definition) is 5. The monoisotopic (exact) mass is 412 g/mol. The lowest BCUT2D eigenvalue weighted by Crippen LogP contribution is -2.55. The Morgan fingerprint density at radius 3 is 2.23 bits per heavy atom. The number of benzene rings is 2. The molecule has 3 amide bonds. The van der Waals surface area contributed by atoms with Crippen LogP contribution in [-0.4, -0.2) is 30.4 Å². The molecule has 8 nitrogen and oxygen atoms in total. The van der Waals surface area contributed by atoms with E-state index >= 15 is 0 Å². The molecule has 0 saturated carbocycles. The van der Waals surface area contributed by atoms with Crippen LogP contribution in [0.3, 0.4) is 0 Å². The third kappa shape index (κ3) is 6.60. The molecule has 2 rings (SSSR count). The Bertz CT molecular complexity index is 937. The van der Waals surface area contributed by atoms with Crippen LogP contribution < -0.4 is 20.9 Å². The second kappa shape index (κ2) is 10.6. The number of carbonyl (C=O) groups excluding carboxylic acids is 3. The molecule has 0 aliphatic rings. The summed E-state index contributed by atoms with van der Waals surface area (Å²) in [5.41, 5.74) is 5.13.